The Bertz CT molecular complexity index is 992. The Morgan fingerprint density at radius 1 is 1.07 bits per heavy atom. The second-order valence-corrected chi connectivity index (χ2v) is 10.9. The summed E-state index contributed by atoms with van der Waals surface area (Å²) in [5.41, 5.74) is 8.49. The molecule has 0 amide bonds. The molecule has 0 saturated heterocycles. The summed E-state index contributed by atoms with van der Waals surface area (Å²) in [6, 6.07) is 4.48. The molecule has 4 aliphatic carbocycles. The topological polar surface area (TPSA) is 30.0 Å². The first-order chi connectivity index (χ1) is 14.3. The zero-order valence-corrected chi connectivity index (χ0v) is 19.2. The summed E-state index contributed by atoms with van der Waals surface area (Å²) in [6.45, 7) is 11.4. The smallest absolute Gasteiger partial charge is 0.158 e. The number of carbonyl (C=O) groups excluding carboxylic acids is 1. The first-order valence-corrected chi connectivity index (χ1v) is 11.9. The van der Waals surface area contributed by atoms with Crippen LogP contribution in [0.5, 0.6) is 0 Å². The summed E-state index contributed by atoms with van der Waals surface area (Å²) < 4.78 is 0. The normalized spacial score (nSPS) is 35.6. The van der Waals surface area contributed by atoms with E-state index >= 15 is 0 Å². The van der Waals surface area contributed by atoms with E-state index in [-0.39, 0.29) is 10.8 Å². The Hall–Kier alpha value is -1.96. The fourth-order valence-corrected chi connectivity index (χ4v) is 7.30. The molecule has 2 heteroatoms. The molecule has 158 valence electrons. The highest BCUT2D eigenvalue weighted by Gasteiger charge is 2.55. The third-order valence-corrected chi connectivity index (χ3v) is 9.15. The van der Waals surface area contributed by atoms with Crippen molar-refractivity contribution in [2.24, 2.45) is 22.7 Å². The lowest BCUT2D eigenvalue weighted by molar-refractivity contribution is -0.117. The summed E-state index contributed by atoms with van der Waals surface area (Å²) in [5.74, 6) is 2.18. The van der Waals surface area contributed by atoms with Gasteiger partial charge in [0.05, 0.1) is 0 Å². The van der Waals surface area contributed by atoms with Crippen molar-refractivity contribution < 1.29 is 4.79 Å². The maximum absolute atomic E-state index is 12.4. The third-order valence-electron chi connectivity index (χ3n) is 9.15. The average Bonchev–Trinajstić information content (AvgIpc) is 3.08. The molecule has 2 nitrogen and oxygen atoms in total. The Morgan fingerprint density at radius 2 is 1.87 bits per heavy atom. The molecule has 5 rings (SSSR count). The quantitative estimate of drug-likeness (QED) is 0.532. The molecule has 1 aromatic heterocycles. The van der Waals surface area contributed by atoms with E-state index in [0.29, 0.717) is 23.5 Å². The zero-order valence-electron chi connectivity index (χ0n) is 19.2. The summed E-state index contributed by atoms with van der Waals surface area (Å²) in [4.78, 5) is 17.1. The summed E-state index contributed by atoms with van der Waals surface area (Å²) in [5, 5.41) is 0. The van der Waals surface area contributed by atoms with Gasteiger partial charge >= 0.3 is 0 Å². The molecule has 4 unspecified atom stereocenters. The van der Waals surface area contributed by atoms with E-state index in [1.165, 1.54) is 41.7 Å². The van der Waals surface area contributed by atoms with Gasteiger partial charge in [0.1, 0.15) is 0 Å². The Labute approximate surface area is 181 Å². The second kappa shape index (κ2) is 6.77. The van der Waals surface area contributed by atoms with Gasteiger partial charge in [0.25, 0.3) is 0 Å². The van der Waals surface area contributed by atoms with E-state index in [1.807, 2.05) is 0 Å². The lowest BCUT2D eigenvalue weighted by Crippen LogP contribution is -2.47. The van der Waals surface area contributed by atoms with Crippen LogP contribution >= 0.6 is 0 Å². The average molecular weight is 402 g/mol. The standard InChI is InChI=1S/C28H35NO/c1-17(2)25-11-6-19(16-29-25)22-9-10-23-20-7-8-21-18(3)26(30)13-15-27(21,4)24(20)12-14-28(22,23)5/h6,9-11,16-17,20,24H,7-8,12-15H2,1-5H3. The highest BCUT2D eigenvalue weighted by molar-refractivity contribution is 5.96. The number of fused-ring (bicyclic) bond motifs is 5. The van der Waals surface area contributed by atoms with Crippen LogP contribution in [0, 0.1) is 22.7 Å². The molecule has 0 spiro atoms. The van der Waals surface area contributed by atoms with Gasteiger partial charge in [-0.25, -0.2) is 0 Å². The molecule has 0 aromatic carbocycles. The van der Waals surface area contributed by atoms with E-state index in [0.717, 1.165) is 24.8 Å². The van der Waals surface area contributed by atoms with Crippen LogP contribution < -0.4 is 0 Å². The number of nitrogens with zero attached hydrogens (tertiary/aromatic N) is 1. The van der Waals surface area contributed by atoms with E-state index in [4.69, 9.17) is 4.98 Å². The summed E-state index contributed by atoms with van der Waals surface area (Å²) >= 11 is 0. The largest absolute Gasteiger partial charge is 0.295 e. The lowest BCUT2D eigenvalue weighted by atomic mass is 9.48. The first-order valence-electron chi connectivity index (χ1n) is 11.9. The molecular weight excluding hydrogens is 366 g/mol. The van der Waals surface area contributed by atoms with Crippen molar-refractivity contribution in [1.82, 2.24) is 4.98 Å². The minimum absolute atomic E-state index is 0.138. The van der Waals surface area contributed by atoms with E-state index in [9.17, 15) is 4.79 Å². The monoisotopic (exact) mass is 401 g/mol. The fourth-order valence-electron chi connectivity index (χ4n) is 7.30. The van der Waals surface area contributed by atoms with Crippen LogP contribution in [0.2, 0.25) is 0 Å². The van der Waals surface area contributed by atoms with Crippen LogP contribution in [0.1, 0.15) is 90.3 Å². The molecule has 30 heavy (non-hydrogen) atoms. The fraction of sp³-hybridized carbons (Fsp3) is 0.571. The number of hydrogen-bond donors (Lipinski definition) is 0. The number of Topliss-reactive ketones (excluding diaryl/α,β-unsaturated/α-hetero) is 1. The van der Waals surface area contributed by atoms with Crippen LogP contribution in [0.15, 0.2) is 47.2 Å². The van der Waals surface area contributed by atoms with Crippen molar-refractivity contribution in [3.05, 3.63) is 58.5 Å². The Morgan fingerprint density at radius 3 is 2.57 bits per heavy atom. The molecule has 0 N–H and O–H groups in total. The van der Waals surface area contributed by atoms with Gasteiger partial charge < -0.3 is 0 Å². The van der Waals surface area contributed by atoms with E-state index in [2.05, 4.69) is 65.1 Å². The molecular formula is C28H35NO. The van der Waals surface area contributed by atoms with Crippen LogP contribution in [0.25, 0.3) is 5.57 Å². The number of ketones is 1. The predicted molar refractivity (Wildman–Crippen MR) is 123 cm³/mol. The van der Waals surface area contributed by atoms with Gasteiger partial charge in [-0.05, 0) is 85.0 Å². The summed E-state index contributed by atoms with van der Waals surface area (Å²) in [6.07, 6.45) is 13.5. The maximum Gasteiger partial charge on any atom is 0.158 e. The minimum Gasteiger partial charge on any atom is -0.295 e. The maximum atomic E-state index is 12.4. The Balaban J connectivity index is 1.46. The Kier molecular flexibility index (Phi) is 4.51. The molecule has 0 bridgehead atoms. The molecule has 0 aliphatic heterocycles. The molecule has 4 atom stereocenters. The lowest BCUT2D eigenvalue weighted by Gasteiger charge is -2.56. The van der Waals surface area contributed by atoms with Gasteiger partial charge in [-0.1, -0.05) is 57.1 Å². The van der Waals surface area contributed by atoms with E-state index < -0.39 is 0 Å². The first kappa shape index (κ1) is 20.0. The highest BCUT2D eigenvalue weighted by Crippen LogP contribution is 2.65. The number of carbonyl (C=O) groups is 1. The van der Waals surface area contributed by atoms with Crippen LogP contribution in [-0.4, -0.2) is 10.8 Å². The molecule has 0 radical (unpaired) electrons. The van der Waals surface area contributed by atoms with Gasteiger partial charge in [0, 0.05) is 23.7 Å². The van der Waals surface area contributed by atoms with Crippen LogP contribution in [0.4, 0.5) is 0 Å². The second-order valence-electron chi connectivity index (χ2n) is 10.9. The van der Waals surface area contributed by atoms with Crippen LogP contribution in [0.3, 0.4) is 0 Å². The SMILES string of the molecule is CC1=C2CCC3C4=CC=C(c5ccc(C(C)C)nc5)C4(C)CCC3C2(C)CCC1=O. The highest BCUT2D eigenvalue weighted by atomic mass is 16.1. The molecule has 4 aliphatic rings. The number of pyridine rings is 1. The summed E-state index contributed by atoms with van der Waals surface area (Å²) in [7, 11) is 0. The van der Waals surface area contributed by atoms with Crippen molar-refractivity contribution >= 4 is 11.4 Å². The van der Waals surface area contributed by atoms with Crippen molar-refractivity contribution in [2.75, 3.05) is 0 Å². The van der Waals surface area contributed by atoms with Crippen molar-refractivity contribution in [3.63, 3.8) is 0 Å². The number of hydrogen-bond acceptors (Lipinski definition) is 2. The van der Waals surface area contributed by atoms with Crippen molar-refractivity contribution in [3.8, 4) is 0 Å². The van der Waals surface area contributed by atoms with Gasteiger partial charge in [-0.3, -0.25) is 9.78 Å². The van der Waals surface area contributed by atoms with Gasteiger partial charge in [0.2, 0.25) is 0 Å². The molecule has 1 aromatic rings. The molecule has 2 fully saturated rings. The minimum atomic E-state index is 0.138. The van der Waals surface area contributed by atoms with Gasteiger partial charge in [-0.2, -0.15) is 0 Å². The van der Waals surface area contributed by atoms with Crippen molar-refractivity contribution in [1.29, 1.82) is 0 Å². The van der Waals surface area contributed by atoms with Crippen LogP contribution in [-0.2, 0) is 4.79 Å². The van der Waals surface area contributed by atoms with Gasteiger partial charge in [-0.15, -0.1) is 0 Å². The number of allylic oxidation sites excluding steroid dienone is 6. The number of rotatable bonds is 2. The predicted octanol–water partition coefficient (Wildman–Crippen LogP) is 7.04. The number of aromatic nitrogens is 1. The van der Waals surface area contributed by atoms with Gasteiger partial charge in [0.15, 0.2) is 5.78 Å². The zero-order chi connectivity index (χ0) is 21.3. The molecule has 1 heterocycles. The van der Waals surface area contributed by atoms with Crippen molar-refractivity contribution in [2.45, 2.75) is 79.1 Å². The van der Waals surface area contributed by atoms with E-state index in [1.54, 1.807) is 5.57 Å². The third kappa shape index (κ3) is 2.68. The molecule has 2 saturated carbocycles.